The number of carbonyl (C=O) groups excluding carboxylic acids is 1. The van der Waals surface area contributed by atoms with Crippen LogP contribution < -0.4 is 5.32 Å². The number of aliphatic hydroxyl groups is 2. The number of carboxylic acids is 1. The van der Waals surface area contributed by atoms with E-state index in [-0.39, 0.29) is 36.4 Å². The number of carbonyl (C=O) groups is 2. The summed E-state index contributed by atoms with van der Waals surface area (Å²) in [6.07, 6.45) is -2.76. The molecule has 7 heteroatoms. The molecule has 21 heavy (non-hydrogen) atoms. The van der Waals surface area contributed by atoms with Gasteiger partial charge in [0.15, 0.2) is 0 Å². The summed E-state index contributed by atoms with van der Waals surface area (Å²) in [5.41, 5.74) is 0.383. The van der Waals surface area contributed by atoms with E-state index < -0.39 is 24.0 Å². The van der Waals surface area contributed by atoms with Crippen LogP contribution in [0.4, 0.5) is 4.39 Å². The summed E-state index contributed by atoms with van der Waals surface area (Å²) in [6, 6.07) is 3.85. The zero-order valence-electron chi connectivity index (χ0n) is 11.5. The first-order chi connectivity index (χ1) is 9.81. The first-order valence-electron chi connectivity index (χ1n) is 6.42. The molecule has 0 aliphatic carbocycles. The summed E-state index contributed by atoms with van der Waals surface area (Å²) in [7, 11) is 0. The predicted molar refractivity (Wildman–Crippen MR) is 72.0 cm³/mol. The van der Waals surface area contributed by atoms with E-state index in [1.807, 2.05) is 0 Å². The predicted octanol–water partition coefficient (Wildman–Crippen LogP) is 0.373. The van der Waals surface area contributed by atoms with Gasteiger partial charge in [-0.25, -0.2) is 4.39 Å². The van der Waals surface area contributed by atoms with Gasteiger partial charge in [0, 0.05) is 19.9 Å². The zero-order valence-corrected chi connectivity index (χ0v) is 11.5. The molecule has 0 bridgehead atoms. The summed E-state index contributed by atoms with van der Waals surface area (Å²) >= 11 is 0. The van der Waals surface area contributed by atoms with Crippen molar-refractivity contribution >= 4 is 11.9 Å². The molecule has 0 fully saturated rings. The number of aryl methyl sites for hydroxylation is 1. The number of amides is 1. The Kier molecular flexibility index (Phi) is 6.26. The van der Waals surface area contributed by atoms with Gasteiger partial charge in [-0.05, 0) is 23.6 Å². The molecule has 0 heterocycles. The lowest BCUT2D eigenvalue weighted by molar-refractivity contribution is -0.137. The molecule has 0 radical (unpaired) electrons. The van der Waals surface area contributed by atoms with Gasteiger partial charge in [0.1, 0.15) is 18.0 Å². The molecule has 0 aliphatic heterocycles. The highest BCUT2D eigenvalue weighted by atomic mass is 19.1. The summed E-state index contributed by atoms with van der Waals surface area (Å²) in [4.78, 5) is 21.2. The fourth-order valence-corrected chi connectivity index (χ4v) is 1.77. The second kappa shape index (κ2) is 7.70. The fraction of sp³-hybridized carbons (Fsp3) is 0.429. The van der Waals surface area contributed by atoms with Crippen LogP contribution in [-0.2, 0) is 16.0 Å². The van der Waals surface area contributed by atoms with E-state index in [4.69, 9.17) is 5.11 Å². The van der Waals surface area contributed by atoms with Crippen molar-refractivity contribution in [2.75, 3.05) is 6.54 Å². The van der Waals surface area contributed by atoms with Gasteiger partial charge in [-0.15, -0.1) is 0 Å². The largest absolute Gasteiger partial charge is 0.481 e. The van der Waals surface area contributed by atoms with Crippen molar-refractivity contribution in [2.45, 2.75) is 32.0 Å². The lowest BCUT2D eigenvalue weighted by Gasteiger charge is -2.19. The SMILES string of the molecule is CC(=O)NCC(O)C(O)c1ccc(CCC(=O)O)c(F)c1. The summed E-state index contributed by atoms with van der Waals surface area (Å²) in [5.74, 6) is -2.01. The van der Waals surface area contributed by atoms with Gasteiger partial charge in [0.25, 0.3) is 0 Å². The minimum Gasteiger partial charge on any atom is -0.481 e. The fourth-order valence-electron chi connectivity index (χ4n) is 1.77. The Morgan fingerprint density at radius 3 is 2.52 bits per heavy atom. The Morgan fingerprint density at radius 2 is 2.00 bits per heavy atom. The van der Waals surface area contributed by atoms with Gasteiger partial charge >= 0.3 is 5.97 Å². The van der Waals surface area contributed by atoms with E-state index in [2.05, 4.69) is 5.32 Å². The second-order valence-electron chi connectivity index (χ2n) is 4.69. The van der Waals surface area contributed by atoms with Crippen LogP contribution in [0, 0.1) is 5.82 Å². The number of aliphatic carboxylic acids is 1. The first-order valence-corrected chi connectivity index (χ1v) is 6.42. The van der Waals surface area contributed by atoms with E-state index in [9.17, 15) is 24.2 Å². The van der Waals surface area contributed by atoms with Crippen LogP contribution in [0.25, 0.3) is 0 Å². The van der Waals surface area contributed by atoms with E-state index in [0.717, 1.165) is 6.07 Å². The number of carboxylic acid groups (broad SMARTS) is 1. The average Bonchev–Trinajstić information content (AvgIpc) is 2.42. The number of rotatable bonds is 7. The van der Waals surface area contributed by atoms with Gasteiger partial charge in [-0.3, -0.25) is 9.59 Å². The Bertz CT molecular complexity index is 520. The minimum absolute atomic E-state index is 0.0476. The van der Waals surface area contributed by atoms with Crippen molar-refractivity contribution < 1.29 is 29.3 Å². The van der Waals surface area contributed by atoms with Gasteiger partial charge in [-0.2, -0.15) is 0 Å². The van der Waals surface area contributed by atoms with E-state index in [0.29, 0.717) is 0 Å². The van der Waals surface area contributed by atoms with Crippen molar-refractivity contribution in [1.29, 1.82) is 0 Å². The van der Waals surface area contributed by atoms with E-state index in [1.165, 1.54) is 19.1 Å². The summed E-state index contributed by atoms with van der Waals surface area (Å²) in [5, 5.41) is 30.5. The Hall–Kier alpha value is -1.99. The molecular formula is C14H18FNO5. The number of halogens is 1. The normalized spacial score (nSPS) is 13.5. The highest BCUT2D eigenvalue weighted by Crippen LogP contribution is 2.20. The van der Waals surface area contributed by atoms with E-state index in [1.54, 1.807) is 0 Å². The van der Waals surface area contributed by atoms with Crippen molar-refractivity contribution in [3.05, 3.63) is 35.1 Å². The third-order valence-electron chi connectivity index (χ3n) is 2.95. The number of benzene rings is 1. The Balaban J connectivity index is 2.73. The molecular weight excluding hydrogens is 281 g/mol. The molecule has 2 atom stereocenters. The lowest BCUT2D eigenvalue weighted by Crippen LogP contribution is -2.34. The monoisotopic (exact) mass is 299 g/mol. The lowest BCUT2D eigenvalue weighted by atomic mass is 10.0. The van der Waals surface area contributed by atoms with Gasteiger partial charge < -0.3 is 20.6 Å². The molecule has 1 aromatic carbocycles. The number of nitrogens with one attached hydrogen (secondary N) is 1. The van der Waals surface area contributed by atoms with Gasteiger partial charge in [0.05, 0.1) is 0 Å². The van der Waals surface area contributed by atoms with Crippen LogP contribution in [0.2, 0.25) is 0 Å². The molecule has 4 N–H and O–H groups in total. The van der Waals surface area contributed by atoms with Crippen molar-refractivity contribution in [3.8, 4) is 0 Å². The molecule has 2 unspecified atom stereocenters. The van der Waals surface area contributed by atoms with E-state index >= 15 is 0 Å². The standard InChI is InChI=1S/C14H18FNO5/c1-8(17)16-7-12(18)14(21)10-3-2-9(11(15)6-10)4-5-13(19)20/h2-3,6,12,14,18,21H,4-5,7H2,1H3,(H,16,17)(H,19,20). The highest BCUT2D eigenvalue weighted by Gasteiger charge is 2.20. The molecule has 0 aromatic heterocycles. The highest BCUT2D eigenvalue weighted by molar-refractivity contribution is 5.72. The van der Waals surface area contributed by atoms with Crippen LogP contribution >= 0.6 is 0 Å². The smallest absolute Gasteiger partial charge is 0.303 e. The first kappa shape index (κ1) is 17.1. The van der Waals surface area contributed by atoms with Crippen LogP contribution in [0.1, 0.15) is 30.6 Å². The van der Waals surface area contributed by atoms with Crippen LogP contribution in [0.5, 0.6) is 0 Å². The molecule has 0 aliphatic rings. The molecule has 1 amide bonds. The maximum atomic E-state index is 13.8. The number of hydrogen-bond acceptors (Lipinski definition) is 4. The average molecular weight is 299 g/mol. The Labute approximate surface area is 121 Å². The molecule has 0 saturated heterocycles. The third-order valence-corrected chi connectivity index (χ3v) is 2.95. The molecule has 6 nitrogen and oxygen atoms in total. The minimum atomic E-state index is -1.35. The molecule has 116 valence electrons. The van der Waals surface area contributed by atoms with Crippen LogP contribution in [-0.4, -0.2) is 39.8 Å². The number of aliphatic hydroxyl groups excluding tert-OH is 2. The quantitative estimate of drug-likeness (QED) is 0.582. The van der Waals surface area contributed by atoms with Crippen LogP contribution in [0.3, 0.4) is 0 Å². The molecule has 1 aromatic rings. The Morgan fingerprint density at radius 1 is 1.33 bits per heavy atom. The van der Waals surface area contributed by atoms with Crippen molar-refractivity contribution in [1.82, 2.24) is 5.32 Å². The molecule has 1 rings (SSSR count). The summed E-state index contributed by atoms with van der Waals surface area (Å²) < 4.78 is 13.8. The third kappa shape index (κ3) is 5.49. The second-order valence-corrected chi connectivity index (χ2v) is 4.69. The molecule has 0 saturated carbocycles. The van der Waals surface area contributed by atoms with Crippen molar-refractivity contribution in [2.24, 2.45) is 0 Å². The zero-order chi connectivity index (χ0) is 16.0. The number of hydrogen-bond donors (Lipinski definition) is 4. The van der Waals surface area contributed by atoms with Gasteiger partial charge in [0.2, 0.25) is 5.91 Å². The summed E-state index contributed by atoms with van der Waals surface area (Å²) in [6.45, 7) is 1.12. The maximum absolute atomic E-state index is 13.8. The van der Waals surface area contributed by atoms with Gasteiger partial charge in [-0.1, -0.05) is 12.1 Å². The maximum Gasteiger partial charge on any atom is 0.303 e. The van der Waals surface area contributed by atoms with Crippen LogP contribution in [0.15, 0.2) is 18.2 Å². The topological polar surface area (TPSA) is 107 Å². The van der Waals surface area contributed by atoms with Crippen molar-refractivity contribution in [3.63, 3.8) is 0 Å². The molecule has 0 spiro atoms.